The van der Waals surface area contributed by atoms with Crippen LogP contribution in [0.15, 0.2) is 149 Å². The van der Waals surface area contributed by atoms with Gasteiger partial charge in [0.05, 0.1) is 43.5 Å². The van der Waals surface area contributed by atoms with Gasteiger partial charge in [-0.15, -0.1) is 0 Å². The number of hydrogen-bond donors (Lipinski definition) is 5. The monoisotopic (exact) mass is 1320 g/mol. The number of aromatic hydroxyl groups is 2. The highest BCUT2D eigenvalue weighted by molar-refractivity contribution is 7.89. The zero-order valence-corrected chi connectivity index (χ0v) is 54.5. The van der Waals surface area contributed by atoms with Gasteiger partial charge in [0, 0.05) is 51.5 Å². The molecule has 2 saturated carbocycles. The zero-order chi connectivity index (χ0) is 66.5. The molecular weight excluding hydrogens is 1230 g/mol. The SMILES string of the molecule is COC(=O)[C@@H]1C[C@@H](N(CCCO)S(=O)(=O)c2ccccc2)CN1C(=O)[C@@H](NC(=O)Cc1cccc(O)c1)C1CCCCC1.COC(=O)[C@@H]1C[C@@H](N(CCCOCc2ccccc2)S(=O)(=O)c2ccccc2)CN1C(=O)[C@@H](NC(=O)Cc1cccc(O)c1)C1CCCCC1. The molecule has 4 aliphatic rings. The maximum absolute atomic E-state index is 14.5. The summed E-state index contributed by atoms with van der Waals surface area (Å²) in [6.45, 7) is 0.470. The molecule has 5 aromatic carbocycles. The van der Waals surface area contributed by atoms with Crippen molar-refractivity contribution in [3.05, 3.63) is 156 Å². The van der Waals surface area contributed by atoms with E-state index in [0.717, 1.165) is 69.8 Å². The van der Waals surface area contributed by atoms with E-state index in [0.29, 0.717) is 30.8 Å². The Bertz CT molecular complexity index is 3500. The fourth-order valence-electron chi connectivity index (χ4n) is 13.2. The molecule has 2 aliphatic carbocycles. The number of ether oxygens (including phenoxy) is 3. The number of methoxy groups -OCH3 is 2. The number of likely N-dealkylation sites (tertiary alicyclic amines) is 2. The lowest BCUT2D eigenvalue weighted by molar-refractivity contribution is -0.152. The third kappa shape index (κ3) is 19.2. The number of phenols is 2. The van der Waals surface area contributed by atoms with Gasteiger partial charge in [0.25, 0.3) is 0 Å². The van der Waals surface area contributed by atoms with Gasteiger partial charge >= 0.3 is 11.9 Å². The summed E-state index contributed by atoms with van der Waals surface area (Å²) in [4.78, 5) is 84.5. The lowest BCUT2D eigenvalue weighted by Gasteiger charge is -2.34. The van der Waals surface area contributed by atoms with Crippen molar-refractivity contribution in [2.45, 2.75) is 155 Å². The Morgan fingerprint density at radius 1 is 0.527 bits per heavy atom. The Morgan fingerprint density at radius 2 is 0.914 bits per heavy atom. The summed E-state index contributed by atoms with van der Waals surface area (Å²) in [5, 5.41) is 35.1. The van der Waals surface area contributed by atoms with Gasteiger partial charge in [0.2, 0.25) is 43.7 Å². The summed E-state index contributed by atoms with van der Waals surface area (Å²) in [5.74, 6) is -3.18. The van der Waals surface area contributed by atoms with Crippen molar-refractivity contribution in [1.29, 1.82) is 0 Å². The van der Waals surface area contributed by atoms with E-state index in [1.54, 1.807) is 60.7 Å². The molecule has 0 radical (unpaired) electrons. The van der Waals surface area contributed by atoms with Gasteiger partial charge in [0.1, 0.15) is 35.7 Å². The second kappa shape index (κ2) is 34.4. The van der Waals surface area contributed by atoms with E-state index < -0.39 is 86.0 Å². The number of aliphatic hydroxyl groups excluding tert-OH is 1. The van der Waals surface area contributed by atoms with Crippen LogP contribution in [-0.4, -0.2) is 176 Å². The first-order valence-corrected chi connectivity index (χ1v) is 35.0. The number of sulfonamides is 2. The summed E-state index contributed by atoms with van der Waals surface area (Å²) in [6, 6.07) is 33.1. The van der Waals surface area contributed by atoms with E-state index >= 15 is 0 Å². The quantitative estimate of drug-likeness (QED) is 0.0271. The highest BCUT2D eigenvalue weighted by Gasteiger charge is 2.50. The zero-order valence-electron chi connectivity index (χ0n) is 52.9. The number of rotatable bonds is 27. The van der Waals surface area contributed by atoms with Gasteiger partial charge in [-0.2, -0.15) is 8.61 Å². The van der Waals surface area contributed by atoms with Gasteiger partial charge in [0.15, 0.2) is 0 Å². The Balaban J connectivity index is 0.000000242. The maximum atomic E-state index is 14.5. The van der Waals surface area contributed by atoms with Crippen LogP contribution in [0, 0.1) is 11.8 Å². The Kier molecular flexibility index (Phi) is 26.3. The first-order valence-electron chi connectivity index (χ1n) is 32.1. The van der Waals surface area contributed by atoms with Crippen molar-refractivity contribution < 1.29 is 75.1 Å². The van der Waals surface area contributed by atoms with E-state index in [9.17, 15) is 60.9 Å². The molecule has 22 nitrogen and oxygen atoms in total. The number of amides is 4. The van der Waals surface area contributed by atoms with Crippen LogP contribution in [0.25, 0.3) is 0 Å². The topological polar surface area (TPSA) is 296 Å². The smallest absolute Gasteiger partial charge is 0.328 e. The van der Waals surface area contributed by atoms with E-state index in [1.807, 2.05) is 30.3 Å². The number of aliphatic hydroxyl groups is 1. The Hall–Kier alpha value is -7.74. The minimum Gasteiger partial charge on any atom is -0.508 e. The van der Waals surface area contributed by atoms with Crippen molar-refractivity contribution in [2.24, 2.45) is 11.8 Å². The lowest BCUT2D eigenvalue weighted by Crippen LogP contribution is -2.55. The number of esters is 2. The minimum atomic E-state index is -4.03. The summed E-state index contributed by atoms with van der Waals surface area (Å²) in [5.41, 5.74) is 2.20. The molecule has 2 saturated heterocycles. The predicted molar refractivity (Wildman–Crippen MR) is 346 cm³/mol. The van der Waals surface area contributed by atoms with Crippen LogP contribution in [0.3, 0.4) is 0 Å². The van der Waals surface area contributed by atoms with Gasteiger partial charge in [-0.1, -0.05) is 130 Å². The second-order valence-electron chi connectivity index (χ2n) is 24.2. The molecular formula is C69H88N6O16S2. The van der Waals surface area contributed by atoms with Crippen LogP contribution in [0.1, 0.15) is 107 Å². The van der Waals surface area contributed by atoms with Crippen molar-refractivity contribution in [2.75, 3.05) is 53.6 Å². The lowest BCUT2D eigenvalue weighted by atomic mass is 9.83. The molecule has 5 aromatic rings. The van der Waals surface area contributed by atoms with Gasteiger partial charge in [-0.05, 0) is 128 Å². The van der Waals surface area contributed by atoms with Crippen molar-refractivity contribution in [1.82, 2.24) is 29.0 Å². The van der Waals surface area contributed by atoms with Crippen molar-refractivity contribution in [3.63, 3.8) is 0 Å². The molecule has 4 fully saturated rings. The molecule has 502 valence electrons. The van der Waals surface area contributed by atoms with E-state index in [4.69, 9.17) is 14.2 Å². The summed E-state index contributed by atoms with van der Waals surface area (Å²) in [7, 11) is -5.58. The average Bonchev–Trinajstić information content (AvgIpc) is 1.71. The van der Waals surface area contributed by atoms with Gasteiger partial charge in [-0.3, -0.25) is 19.2 Å². The molecule has 0 bridgehead atoms. The molecule has 0 aromatic heterocycles. The van der Waals surface area contributed by atoms with Crippen LogP contribution >= 0.6 is 0 Å². The van der Waals surface area contributed by atoms with E-state index in [1.165, 1.54) is 81.2 Å². The number of nitrogens with one attached hydrogen (secondary N) is 2. The Morgan fingerprint density at radius 3 is 1.30 bits per heavy atom. The number of nitrogens with zero attached hydrogens (tertiary/aromatic N) is 4. The van der Waals surface area contributed by atoms with Crippen molar-refractivity contribution in [3.8, 4) is 11.5 Å². The minimum absolute atomic E-state index is 0.00102. The molecule has 2 heterocycles. The van der Waals surface area contributed by atoms with Crippen LogP contribution in [0.2, 0.25) is 0 Å². The molecule has 6 atom stereocenters. The fourth-order valence-corrected chi connectivity index (χ4v) is 16.6. The normalized spacial score (nSPS) is 19.5. The van der Waals surface area contributed by atoms with Crippen LogP contribution in [0.4, 0.5) is 0 Å². The van der Waals surface area contributed by atoms with Crippen molar-refractivity contribution >= 4 is 55.6 Å². The highest BCUT2D eigenvalue weighted by atomic mass is 32.2. The van der Waals surface area contributed by atoms with Crippen LogP contribution in [0.5, 0.6) is 11.5 Å². The number of carbonyl (C=O) groups is 6. The third-order valence-electron chi connectivity index (χ3n) is 17.9. The van der Waals surface area contributed by atoms with Gasteiger partial charge < -0.3 is 50.0 Å². The summed E-state index contributed by atoms with van der Waals surface area (Å²) < 4.78 is 74.4. The number of hydrogen-bond acceptors (Lipinski definition) is 16. The standard InChI is InChI=1S/C38H47N3O8S.C31H41N3O8S/c1-48-38(45)34-25-31(41(50(46,47)33-19-9-4-10-20-33)21-12-22-49-27-28-13-5-2-6-14-28)26-40(34)37(44)36(30-16-7-3-8-17-30)39-35(43)24-29-15-11-18-32(42)23-29;1-42-31(39)27-20-24(34(16-9-17-35)43(40,41)26-14-6-3-7-15-26)21-33(27)30(38)29(23-11-4-2-5-12-23)32-28(37)19-22-10-8-13-25(36)18-22/h2,4-6,9-11,13-15,18-20,23,30-31,34,36,42H,3,7-8,12,16-17,21-22,24-27H2,1H3,(H,39,43);3,6-8,10,13-15,18,23-24,27,29,35-36H,2,4-5,9,11-12,16-17,19-21H2,1H3,(H,32,37)/t31-,34+,36+;24-,27+,29+/m11/s1. The fraction of sp³-hybridized carbons (Fsp3) is 0.478. The van der Waals surface area contributed by atoms with Crippen LogP contribution in [-0.2, 0) is 82.5 Å². The second-order valence-corrected chi connectivity index (χ2v) is 28.0. The molecule has 93 heavy (non-hydrogen) atoms. The third-order valence-corrected chi connectivity index (χ3v) is 21.8. The molecule has 4 amide bonds. The summed E-state index contributed by atoms with van der Waals surface area (Å²) >= 11 is 0. The van der Waals surface area contributed by atoms with E-state index in [-0.39, 0.29) is 104 Å². The average molecular weight is 1320 g/mol. The first-order chi connectivity index (χ1) is 44.8. The highest BCUT2D eigenvalue weighted by Crippen LogP contribution is 2.35. The predicted octanol–water partition coefficient (Wildman–Crippen LogP) is 6.66. The maximum Gasteiger partial charge on any atom is 0.328 e. The molecule has 0 unspecified atom stereocenters. The van der Waals surface area contributed by atoms with E-state index in [2.05, 4.69) is 10.6 Å². The molecule has 9 rings (SSSR count). The molecule has 0 spiro atoms. The summed E-state index contributed by atoms with van der Waals surface area (Å²) in [6.07, 6.45) is 9.18. The van der Waals surface area contributed by atoms with Gasteiger partial charge in [-0.25, -0.2) is 26.4 Å². The van der Waals surface area contributed by atoms with Crippen LogP contribution < -0.4 is 10.6 Å². The largest absolute Gasteiger partial charge is 0.508 e. The number of carbonyl (C=O) groups excluding carboxylic acids is 6. The number of phenolic OH excluding ortho intramolecular Hbond substituents is 2. The molecule has 5 N–H and O–H groups in total. The Labute approximate surface area is 545 Å². The number of benzene rings is 5. The first kappa shape index (κ1) is 71.1. The molecule has 2 aliphatic heterocycles. The molecule has 24 heteroatoms.